The van der Waals surface area contributed by atoms with Crippen LogP contribution < -0.4 is 4.72 Å². The first-order valence-corrected chi connectivity index (χ1v) is 8.17. The molecule has 0 unspecified atom stereocenters. The maximum atomic E-state index is 11.6. The molecule has 0 amide bonds. The molecule has 2 rings (SSSR count). The molecule has 0 aromatic carbocycles. The van der Waals surface area contributed by atoms with E-state index in [-0.39, 0.29) is 18.8 Å². The molecule has 17 heavy (non-hydrogen) atoms. The van der Waals surface area contributed by atoms with Crippen molar-refractivity contribution < 1.29 is 13.5 Å². The first-order chi connectivity index (χ1) is 8.11. The van der Waals surface area contributed by atoms with Crippen molar-refractivity contribution in [1.82, 2.24) is 4.98 Å². The van der Waals surface area contributed by atoms with E-state index in [0.29, 0.717) is 5.13 Å². The fourth-order valence-corrected chi connectivity index (χ4v) is 4.21. The SMILES string of the molecule is O=S(=O)(CCCO)Nc1nc2c(s1)CCCC2. The van der Waals surface area contributed by atoms with Crippen molar-refractivity contribution in [3.8, 4) is 0 Å². The van der Waals surface area contributed by atoms with Crippen LogP contribution in [0, 0.1) is 0 Å². The minimum absolute atomic E-state index is 0.0618. The number of thiazole rings is 1. The average Bonchev–Trinajstić information content (AvgIpc) is 2.67. The van der Waals surface area contributed by atoms with E-state index < -0.39 is 10.0 Å². The normalized spacial score (nSPS) is 15.6. The van der Waals surface area contributed by atoms with Crippen molar-refractivity contribution in [1.29, 1.82) is 0 Å². The Morgan fingerprint density at radius 3 is 2.82 bits per heavy atom. The van der Waals surface area contributed by atoms with Gasteiger partial charge >= 0.3 is 0 Å². The van der Waals surface area contributed by atoms with Gasteiger partial charge < -0.3 is 5.11 Å². The second-order valence-corrected chi connectivity index (χ2v) is 7.02. The third kappa shape index (κ3) is 3.40. The summed E-state index contributed by atoms with van der Waals surface area (Å²) in [6, 6.07) is 0. The predicted molar refractivity (Wildman–Crippen MR) is 67.9 cm³/mol. The molecule has 0 fully saturated rings. The Kier molecular flexibility index (Phi) is 4.01. The summed E-state index contributed by atoms with van der Waals surface area (Å²) >= 11 is 1.43. The van der Waals surface area contributed by atoms with Gasteiger partial charge in [-0.05, 0) is 32.1 Å². The lowest BCUT2D eigenvalue weighted by molar-refractivity contribution is 0.295. The Balaban J connectivity index is 2.06. The van der Waals surface area contributed by atoms with E-state index in [2.05, 4.69) is 9.71 Å². The molecule has 1 aliphatic carbocycles. The molecule has 7 heteroatoms. The third-order valence-corrected chi connectivity index (χ3v) is 5.19. The summed E-state index contributed by atoms with van der Waals surface area (Å²) in [4.78, 5) is 5.51. The molecule has 1 aromatic rings. The van der Waals surface area contributed by atoms with E-state index in [1.54, 1.807) is 0 Å². The van der Waals surface area contributed by atoms with Crippen molar-refractivity contribution >= 4 is 26.5 Å². The molecule has 2 N–H and O–H groups in total. The van der Waals surface area contributed by atoms with Gasteiger partial charge in [-0.2, -0.15) is 0 Å². The van der Waals surface area contributed by atoms with Gasteiger partial charge in [0.25, 0.3) is 0 Å². The highest BCUT2D eigenvalue weighted by Crippen LogP contribution is 2.29. The molecular formula is C10H16N2O3S2. The summed E-state index contributed by atoms with van der Waals surface area (Å²) in [5, 5.41) is 9.09. The maximum absolute atomic E-state index is 11.6. The zero-order valence-corrected chi connectivity index (χ0v) is 11.1. The van der Waals surface area contributed by atoms with Crippen LogP contribution in [0.4, 0.5) is 5.13 Å². The van der Waals surface area contributed by atoms with Gasteiger partial charge in [-0.3, -0.25) is 4.72 Å². The number of nitrogens with one attached hydrogen (secondary N) is 1. The van der Waals surface area contributed by atoms with Gasteiger partial charge in [0.05, 0.1) is 11.4 Å². The fraction of sp³-hybridized carbons (Fsp3) is 0.700. The van der Waals surface area contributed by atoms with E-state index in [1.165, 1.54) is 16.2 Å². The second kappa shape index (κ2) is 5.32. The standard InChI is InChI=1S/C10H16N2O3S2/c13-6-3-7-17(14,15)12-10-11-8-4-1-2-5-9(8)16-10/h13H,1-7H2,(H,11,12). The van der Waals surface area contributed by atoms with Gasteiger partial charge in [0.15, 0.2) is 5.13 Å². The number of anilines is 1. The Hall–Kier alpha value is -0.660. The highest BCUT2D eigenvalue weighted by atomic mass is 32.2. The summed E-state index contributed by atoms with van der Waals surface area (Å²) in [7, 11) is -3.36. The lowest BCUT2D eigenvalue weighted by Crippen LogP contribution is -2.17. The first kappa shape index (κ1) is 12.8. The van der Waals surface area contributed by atoms with Crippen LogP contribution in [0.15, 0.2) is 0 Å². The van der Waals surface area contributed by atoms with Crippen LogP contribution in [-0.4, -0.2) is 30.9 Å². The summed E-state index contributed by atoms with van der Waals surface area (Å²) in [6.07, 6.45) is 4.50. The highest BCUT2D eigenvalue weighted by molar-refractivity contribution is 7.92. The van der Waals surface area contributed by atoms with E-state index in [0.717, 1.165) is 31.4 Å². The van der Waals surface area contributed by atoms with Crippen LogP contribution in [-0.2, 0) is 22.9 Å². The molecule has 0 saturated heterocycles. The van der Waals surface area contributed by atoms with Gasteiger partial charge in [-0.1, -0.05) is 0 Å². The Bertz CT molecular complexity index is 458. The average molecular weight is 276 g/mol. The number of aliphatic hydroxyl groups is 1. The van der Waals surface area contributed by atoms with E-state index in [4.69, 9.17) is 5.11 Å². The number of aromatic nitrogens is 1. The van der Waals surface area contributed by atoms with Gasteiger partial charge in [0.2, 0.25) is 10.0 Å². The van der Waals surface area contributed by atoms with E-state index in [9.17, 15) is 8.42 Å². The molecule has 1 aliphatic rings. The van der Waals surface area contributed by atoms with Crippen molar-refractivity contribution in [3.63, 3.8) is 0 Å². The maximum Gasteiger partial charge on any atom is 0.234 e. The molecule has 0 aliphatic heterocycles. The largest absolute Gasteiger partial charge is 0.396 e. The smallest absolute Gasteiger partial charge is 0.234 e. The van der Waals surface area contributed by atoms with Crippen molar-refractivity contribution in [2.75, 3.05) is 17.1 Å². The molecule has 96 valence electrons. The summed E-state index contributed by atoms with van der Waals surface area (Å²) in [5.41, 5.74) is 1.04. The topological polar surface area (TPSA) is 79.3 Å². The minimum Gasteiger partial charge on any atom is -0.396 e. The summed E-state index contributed by atoms with van der Waals surface area (Å²) in [5.74, 6) is -0.0618. The molecule has 0 saturated carbocycles. The van der Waals surface area contributed by atoms with E-state index in [1.807, 2.05) is 0 Å². The number of sulfonamides is 1. The van der Waals surface area contributed by atoms with Crippen LogP contribution in [0.2, 0.25) is 0 Å². The number of aliphatic hydroxyl groups excluding tert-OH is 1. The fourth-order valence-electron chi connectivity index (χ4n) is 1.83. The number of nitrogens with zero attached hydrogens (tertiary/aromatic N) is 1. The Morgan fingerprint density at radius 2 is 2.12 bits per heavy atom. The molecule has 1 heterocycles. The molecule has 0 spiro atoms. The van der Waals surface area contributed by atoms with Crippen LogP contribution >= 0.6 is 11.3 Å². The molecule has 0 bridgehead atoms. The predicted octanol–water partition coefficient (Wildman–Crippen LogP) is 1.15. The molecule has 0 radical (unpaired) electrons. The Labute approximate surface area is 105 Å². The minimum atomic E-state index is -3.36. The quantitative estimate of drug-likeness (QED) is 0.845. The van der Waals surface area contributed by atoms with Gasteiger partial charge in [0, 0.05) is 11.5 Å². The van der Waals surface area contributed by atoms with Gasteiger partial charge in [-0.15, -0.1) is 11.3 Å². The lowest BCUT2D eigenvalue weighted by atomic mass is 10.0. The van der Waals surface area contributed by atoms with Crippen LogP contribution in [0.1, 0.15) is 29.8 Å². The monoisotopic (exact) mass is 276 g/mol. The highest BCUT2D eigenvalue weighted by Gasteiger charge is 2.18. The Morgan fingerprint density at radius 1 is 1.35 bits per heavy atom. The third-order valence-electron chi connectivity index (χ3n) is 2.66. The number of aryl methyl sites for hydroxylation is 2. The summed E-state index contributed by atoms with van der Waals surface area (Å²) < 4.78 is 25.7. The van der Waals surface area contributed by atoms with Crippen LogP contribution in [0.25, 0.3) is 0 Å². The second-order valence-electron chi connectivity index (χ2n) is 4.09. The van der Waals surface area contributed by atoms with Crippen LogP contribution in [0.5, 0.6) is 0 Å². The molecule has 1 aromatic heterocycles. The number of hydrogen-bond acceptors (Lipinski definition) is 5. The zero-order chi connectivity index (χ0) is 12.3. The van der Waals surface area contributed by atoms with Crippen molar-refractivity contribution in [2.24, 2.45) is 0 Å². The van der Waals surface area contributed by atoms with Gasteiger partial charge in [-0.25, -0.2) is 13.4 Å². The molecule has 5 nitrogen and oxygen atoms in total. The van der Waals surface area contributed by atoms with Gasteiger partial charge in [0.1, 0.15) is 0 Å². The van der Waals surface area contributed by atoms with E-state index >= 15 is 0 Å². The zero-order valence-electron chi connectivity index (χ0n) is 9.48. The van der Waals surface area contributed by atoms with Crippen molar-refractivity contribution in [3.05, 3.63) is 10.6 Å². The number of rotatable bonds is 5. The first-order valence-electron chi connectivity index (χ1n) is 5.70. The lowest BCUT2D eigenvalue weighted by Gasteiger charge is -2.06. The van der Waals surface area contributed by atoms with Crippen LogP contribution in [0.3, 0.4) is 0 Å². The van der Waals surface area contributed by atoms with Crippen molar-refractivity contribution in [2.45, 2.75) is 32.1 Å². The number of hydrogen-bond donors (Lipinski definition) is 2. The molecule has 0 atom stereocenters. The molecular weight excluding hydrogens is 260 g/mol. The number of fused-ring (bicyclic) bond motifs is 1. The summed E-state index contributed by atoms with van der Waals surface area (Å²) in [6.45, 7) is -0.116.